The number of nitrogens with zero attached hydrogens (tertiary/aromatic N) is 2. The number of nitro groups is 1. The molecule has 0 aliphatic carbocycles. The molecule has 7 nitrogen and oxygen atoms in total. The fourth-order valence-electron chi connectivity index (χ4n) is 2.03. The highest BCUT2D eigenvalue weighted by molar-refractivity contribution is 5.83. The molecule has 2 aromatic rings. The third kappa shape index (κ3) is 3.44. The first-order valence-electron chi connectivity index (χ1n) is 6.56. The molecule has 1 aromatic heterocycles. The molecule has 0 saturated carbocycles. The molecule has 1 unspecified atom stereocenters. The Kier molecular flexibility index (Phi) is 4.32. The smallest absolute Gasteiger partial charge is 0.326 e. The van der Waals surface area contributed by atoms with Crippen LogP contribution in [0, 0.1) is 10.1 Å². The molecule has 2 rings (SSSR count). The van der Waals surface area contributed by atoms with Gasteiger partial charge < -0.3 is 10.4 Å². The van der Waals surface area contributed by atoms with Crippen LogP contribution >= 0.6 is 0 Å². The number of hydrogen-bond acceptors (Lipinski definition) is 5. The molecule has 7 heteroatoms. The van der Waals surface area contributed by atoms with E-state index in [9.17, 15) is 14.9 Å². The molecule has 0 saturated heterocycles. The van der Waals surface area contributed by atoms with Crippen LogP contribution in [-0.2, 0) is 4.79 Å². The molecule has 2 N–H and O–H groups in total. The van der Waals surface area contributed by atoms with Gasteiger partial charge in [-0.15, -0.1) is 0 Å². The van der Waals surface area contributed by atoms with Crippen molar-refractivity contribution in [1.29, 1.82) is 0 Å². The molecule has 0 fully saturated rings. The molecule has 0 bridgehead atoms. The van der Waals surface area contributed by atoms with E-state index in [1.807, 2.05) is 6.92 Å². The number of carbonyl (C=O) groups is 1. The van der Waals surface area contributed by atoms with E-state index in [-0.39, 0.29) is 5.69 Å². The highest BCUT2D eigenvalue weighted by atomic mass is 16.6. The van der Waals surface area contributed by atoms with Gasteiger partial charge in [0.1, 0.15) is 11.9 Å². The molecule has 0 aliphatic heterocycles. The predicted molar refractivity (Wildman–Crippen MR) is 78.4 cm³/mol. The lowest BCUT2D eigenvalue weighted by molar-refractivity contribution is -0.384. The van der Waals surface area contributed by atoms with Gasteiger partial charge in [-0.05, 0) is 24.6 Å². The van der Waals surface area contributed by atoms with Crippen molar-refractivity contribution in [3.63, 3.8) is 0 Å². The van der Waals surface area contributed by atoms with Gasteiger partial charge in [-0.2, -0.15) is 0 Å². The van der Waals surface area contributed by atoms with Crippen LogP contribution in [0.2, 0.25) is 0 Å². The second-order valence-electron chi connectivity index (χ2n) is 4.65. The Morgan fingerprint density at radius 1 is 1.43 bits per heavy atom. The van der Waals surface area contributed by atoms with Crippen LogP contribution in [0.3, 0.4) is 0 Å². The third-order valence-corrected chi connectivity index (χ3v) is 3.08. The van der Waals surface area contributed by atoms with Gasteiger partial charge in [-0.3, -0.25) is 10.1 Å². The Morgan fingerprint density at radius 2 is 2.19 bits per heavy atom. The summed E-state index contributed by atoms with van der Waals surface area (Å²) < 4.78 is 0. The van der Waals surface area contributed by atoms with Gasteiger partial charge in [0.25, 0.3) is 5.69 Å². The van der Waals surface area contributed by atoms with Crippen LogP contribution in [0.15, 0.2) is 30.3 Å². The number of rotatable bonds is 6. The van der Waals surface area contributed by atoms with Crippen molar-refractivity contribution in [1.82, 2.24) is 4.98 Å². The van der Waals surface area contributed by atoms with E-state index in [1.54, 1.807) is 18.2 Å². The number of hydrogen-bond donors (Lipinski definition) is 2. The van der Waals surface area contributed by atoms with Gasteiger partial charge in [0.2, 0.25) is 0 Å². The number of non-ortho nitro benzene ring substituents is 1. The quantitative estimate of drug-likeness (QED) is 0.625. The van der Waals surface area contributed by atoms with Crippen molar-refractivity contribution >= 4 is 28.4 Å². The molecule has 1 aromatic carbocycles. The van der Waals surface area contributed by atoms with E-state index in [0.29, 0.717) is 23.1 Å². The van der Waals surface area contributed by atoms with Gasteiger partial charge in [-0.1, -0.05) is 13.3 Å². The van der Waals surface area contributed by atoms with Crippen LogP contribution in [0.4, 0.5) is 11.5 Å². The lowest BCUT2D eigenvalue weighted by atomic mass is 10.1. The normalized spacial score (nSPS) is 12.0. The number of anilines is 1. The highest BCUT2D eigenvalue weighted by Gasteiger charge is 2.16. The molecule has 1 heterocycles. The minimum absolute atomic E-state index is 0.000551. The number of pyridine rings is 1. The zero-order chi connectivity index (χ0) is 15.4. The van der Waals surface area contributed by atoms with Crippen molar-refractivity contribution in [3.05, 3.63) is 40.4 Å². The number of aliphatic carboxylic acids is 1. The lowest BCUT2D eigenvalue weighted by Crippen LogP contribution is -2.29. The zero-order valence-electron chi connectivity index (χ0n) is 11.4. The Morgan fingerprint density at radius 3 is 2.81 bits per heavy atom. The Balaban J connectivity index is 2.28. The molecular formula is C14H15N3O4. The molecule has 1 atom stereocenters. The summed E-state index contributed by atoms with van der Waals surface area (Å²) in [5, 5.41) is 23.3. The summed E-state index contributed by atoms with van der Waals surface area (Å²) in [4.78, 5) is 25.6. The molecule has 21 heavy (non-hydrogen) atoms. The summed E-state index contributed by atoms with van der Waals surface area (Å²) in [6.45, 7) is 1.91. The van der Waals surface area contributed by atoms with Crippen molar-refractivity contribution in [2.45, 2.75) is 25.8 Å². The molecule has 0 radical (unpaired) electrons. The second kappa shape index (κ2) is 6.17. The van der Waals surface area contributed by atoms with Crippen molar-refractivity contribution < 1.29 is 14.8 Å². The fraction of sp³-hybridized carbons (Fsp3) is 0.286. The van der Waals surface area contributed by atoms with E-state index in [1.165, 1.54) is 12.1 Å². The van der Waals surface area contributed by atoms with E-state index in [2.05, 4.69) is 10.3 Å². The van der Waals surface area contributed by atoms with Gasteiger partial charge in [0, 0.05) is 17.5 Å². The van der Waals surface area contributed by atoms with E-state index >= 15 is 0 Å². The fourth-order valence-corrected chi connectivity index (χ4v) is 2.03. The van der Waals surface area contributed by atoms with E-state index in [0.717, 1.165) is 6.42 Å². The summed E-state index contributed by atoms with van der Waals surface area (Å²) in [6.07, 6.45) is 1.24. The monoisotopic (exact) mass is 289 g/mol. The van der Waals surface area contributed by atoms with Crippen LogP contribution in [-0.4, -0.2) is 27.0 Å². The van der Waals surface area contributed by atoms with E-state index < -0.39 is 16.9 Å². The maximum Gasteiger partial charge on any atom is 0.326 e. The van der Waals surface area contributed by atoms with Crippen LogP contribution in [0.5, 0.6) is 0 Å². The van der Waals surface area contributed by atoms with Crippen LogP contribution in [0.25, 0.3) is 10.9 Å². The third-order valence-electron chi connectivity index (χ3n) is 3.08. The molecule has 0 aliphatic rings. The van der Waals surface area contributed by atoms with Gasteiger partial charge in [0.05, 0.1) is 10.4 Å². The summed E-state index contributed by atoms with van der Waals surface area (Å²) in [6, 6.07) is 6.97. The highest BCUT2D eigenvalue weighted by Crippen LogP contribution is 2.21. The number of aromatic nitrogens is 1. The summed E-state index contributed by atoms with van der Waals surface area (Å²) in [5.74, 6) is -0.486. The second-order valence-corrected chi connectivity index (χ2v) is 4.65. The minimum Gasteiger partial charge on any atom is -0.480 e. The van der Waals surface area contributed by atoms with Crippen molar-refractivity contribution in [3.8, 4) is 0 Å². The number of fused-ring (bicyclic) bond motifs is 1. The average Bonchev–Trinajstić information content (AvgIpc) is 2.46. The standard InChI is InChI=1S/C14H15N3O4/c1-2-3-12(14(18)19)16-13-7-4-9-8-10(17(20)21)5-6-11(9)15-13/h4-8,12H,2-3H2,1H3,(H,15,16)(H,18,19). The Bertz CT molecular complexity index is 687. The molecule has 0 spiro atoms. The molecule has 110 valence electrons. The van der Waals surface area contributed by atoms with Gasteiger partial charge >= 0.3 is 5.97 Å². The number of benzene rings is 1. The largest absolute Gasteiger partial charge is 0.480 e. The lowest BCUT2D eigenvalue weighted by Gasteiger charge is -2.14. The average molecular weight is 289 g/mol. The van der Waals surface area contributed by atoms with Crippen molar-refractivity contribution in [2.75, 3.05) is 5.32 Å². The maximum absolute atomic E-state index is 11.1. The first kappa shape index (κ1) is 14.7. The maximum atomic E-state index is 11.1. The summed E-state index contributed by atoms with van der Waals surface area (Å²) in [5.41, 5.74) is 0.575. The Hall–Kier alpha value is -2.70. The van der Waals surface area contributed by atoms with E-state index in [4.69, 9.17) is 5.11 Å². The Labute approximate surface area is 120 Å². The number of carboxylic acid groups (broad SMARTS) is 1. The van der Waals surface area contributed by atoms with Gasteiger partial charge in [-0.25, -0.2) is 9.78 Å². The predicted octanol–water partition coefficient (Wildman–Crippen LogP) is 2.81. The van der Waals surface area contributed by atoms with Gasteiger partial charge in [0.15, 0.2) is 0 Å². The van der Waals surface area contributed by atoms with Crippen LogP contribution < -0.4 is 5.32 Å². The number of nitrogens with one attached hydrogen (secondary N) is 1. The molecule has 0 amide bonds. The zero-order valence-corrected chi connectivity index (χ0v) is 11.4. The first-order valence-corrected chi connectivity index (χ1v) is 6.56. The summed E-state index contributed by atoms with van der Waals surface area (Å²) in [7, 11) is 0. The molecular weight excluding hydrogens is 274 g/mol. The SMILES string of the molecule is CCCC(Nc1ccc2cc([N+](=O)[O-])ccc2n1)C(=O)O. The van der Waals surface area contributed by atoms with Crippen molar-refractivity contribution in [2.24, 2.45) is 0 Å². The minimum atomic E-state index is -0.928. The topological polar surface area (TPSA) is 105 Å². The number of carboxylic acids is 1. The first-order chi connectivity index (χ1) is 10.0. The van der Waals surface area contributed by atoms with Crippen LogP contribution in [0.1, 0.15) is 19.8 Å². The number of nitro benzene ring substituents is 1. The summed E-state index contributed by atoms with van der Waals surface area (Å²) >= 11 is 0.